The molecule has 3 heteroatoms. The first-order chi connectivity index (χ1) is 8.65. The zero-order chi connectivity index (χ0) is 13.0. The summed E-state index contributed by atoms with van der Waals surface area (Å²) >= 11 is 0. The number of amides is 1. The molecule has 0 aliphatic heterocycles. The first-order valence-electron chi connectivity index (χ1n) is 6.74. The molecule has 1 unspecified atom stereocenters. The van der Waals surface area contributed by atoms with Crippen LogP contribution in [0.25, 0.3) is 0 Å². The van der Waals surface area contributed by atoms with Crippen molar-refractivity contribution in [1.29, 1.82) is 0 Å². The van der Waals surface area contributed by atoms with Crippen molar-refractivity contribution >= 4 is 5.91 Å². The van der Waals surface area contributed by atoms with Crippen LogP contribution in [0.2, 0.25) is 0 Å². The Balaban J connectivity index is 1.86. The predicted octanol–water partition coefficient (Wildman–Crippen LogP) is 1.96. The molecular weight excluding hydrogens is 224 g/mol. The summed E-state index contributed by atoms with van der Waals surface area (Å²) < 4.78 is 0. The lowest BCUT2D eigenvalue weighted by Gasteiger charge is -2.16. The van der Waals surface area contributed by atoms with Gasteiger partial charge in [-0.05, 0) is 38.2 Å². The molecule has 0 spiro atoms. The second-order valence-corrected chi connectivity index (χ2v) is 5.32. The maximum atomic E-state index is 12.2. The standard InChI is InChI=1S/C15H22N2O/c1-12(16)6-5-11-17-14(18)15(9-10-15)13-7-3-2-4-8-13/h2-4,7-8,12H,5-6,9-11,16H2,1H3,(H,17,18). The maximum Gasteiger partial charge on any atom is 0.230 e. The highest BCUT2D eigenvalue weighted by Gasteiger charge is 2.50. The summed E-state index contributed by atoms with van der Waals surface area (Å²) in [6.45, 7) is 2.73. The highest BCUT2D eigenvalue weighted by Crippen LogP contribution is 2.48. The molecule has 0 saturated heterocycles. The molecule has 0 bridgehead atoms. The van der Waals surface area contributed by atoms with Gasteiger partial charge in [-0.2, -0.15) is 0 Å². The summed E-state index contributed by atoms with van der Waals surface area (Å²) in [5.41, 5.74) is 6.59. The Morgan fingerprint density at radius 1 is 1.39 bits per heavy atom. The van der Waals surface area contributed by atoms with Crippen LogP contribution >= 0.6 is 0 Å². The Morgan fingerprint density at radius 3 is 2.61 bits per heavy atom. The maximum absolute atomic E-state index is 12.2. The van der Waals surface area contributed by atoms with Crippen molar-refractivity contribution in [1.82, 2.24) is 5.32 Å². The number of rotatable bonds is 6. The Labute approximate surface area is 109 Å². The van der Waals surface area contributed by atoms with Crippen molar-refractivity contribution in [3.8, 4) is 0 Å². The lowest BCUT2D eigenvalue weighted by Crippen LogP contribution is -2.35. The molecule has 2 rings (SSSR count). The van der Waals surface area contributed by atoms with Crippen molar-refractivity contribution < 1.29 is 4.79 Å². The zero-order valence-corrected chi connectivity index (χ0v) is 11.0. The molecule has 3 N–H and O–H groups in total. The second-order valence-electron chi connectivity index (χ2n) is 5.32. The summed E-state index contributed by atoms with van der Waals surface area (Å²) in [6.07, 6.45) is 3.85. The summed E-state index contributed by atoms with van der Waals surface area (Å²) in [6, 6.07) is 10.3. The van der Waals surface area contributed by atoms with Crippen LogP contribution in [0.4, 0.5) is 0 Å². The van der Waals surface area contributed by atoms with Gasteiger partial charge in [0, 0.05) is 12.6 Å². The average Bonchev–Trinajstić information content (AvgIpc) is 3.17. The largest absolute Gasteiger partial charge is 0.355 e. The molecular formula is C15H22N2O. The van der Waals surface area contributed by atoms with E-state index in [-0.39, 0.29) is 17.4 Å². The van der Waals surface area contributed by atoms with Crippen molar-refractivity contribution in [2.24, 2.45) is 5.73 Å². The van der Waals surface area contributed by atoms with Crippen molar-refractivity contribution in [2.75, 3.05) is 6.54 Å². The molecule has 1 aromatic carbocycles. The second kappa shape index (κ2) is 5.53. The number of hydrogen-bond acceptors (Lipinski definition) is 2. The fourth-order valence-corrected chi connectivity index (χ4v) is 2.32. The van der Waals surface area contributed by atoms with E-state index >= 15 is 0 Å². The van der Waals surface area contributed by atoms with Crippen LogP contribution < -0.4 is 11.1 Å². The van der Waals surface area contributed by atoms with Crippen molar-refractivity contribution in [3.05, 3.63) is 35.9 Å². The van der Waals surface area contributed by atoms with Gasteiger partial charge in [0.1, 0.15) is 0 Å². The number of nitrogens with two attached hydrogens (primary N) is 1. The number of carbonyl (C=O) groups excluding carboxylic acids is 1. The fourth-order valence-electron chi connectivity index (χ4n) is 2.32. The van der Waals surface area contributed by atoms with Gasteiger partial charge in [-0.25, -0.2) is 0 Å². The Hall–Kier alpha value is -1.35. The van der Waals surface area contributed by atoms with E-state index in [1.807, 2.05) is 25.1 Å². The quantitative estimate of drug-likeness (QED) is 0.754. The molecule has 1 aliphatic rings. The van der Waals surface area contributed by atoms with E-state index in [4.69, 9.17) is 5.73 Å². The molecule has 0 heterocycles. The first-order valence-corrected chi connectivity index (χ1v) is 6.74. The van der Waals surface area contributed by atoms with Gasteiger partial charge < -0.3 is 11.1 Å². The number of carbonyl (C=O) groups is 1. The highest BCUT2D eigenvalue weighted by molar-refractivity contribution is 5.91. The molecule has 1 atom stereocenters. The van der Waals surface area contributed by atoms with Gasteiger partial charge in [0.2, 0.25) is 5.91 Å². The molecule has 0 aromatic heterocycles. The van der Waals surface area contributed by atoms with Gasteiger partial charge in [0.05, 0.1) is 5.41 Å². The molecule has 18 heavy (non-hydrogen) atoms. The molecule has 1 aliphatic carbocycles. The lowest BCUT2D eigenvalue weighted by atomic mass is 9.95. The van der Waals surface area contributed by atoms with Crippen LogP contribution in [0.1, 0.15) is 38.2 Å². The van der Waals surface area contributed by atoms with Crippen LogP contribution in [0.3, 0.4) is 0 Å². The third-order valence-electron chi connectivity index (χ3n) is 3.63. The Morgan fingerprint density at radius 2 is 2.06 bits per heavy atom. The first kappa shape index (κ1) is 13.1. The van der Waals surface area contributed by atoms with Gasteiger partial charge in [0.25, 0.3) is 0 Å². The predicted molar refractivity (Wildman–Crippen MR) is 73.2 cm³/mol. The third-order valence-corrected chi connectivity index (χ3v) is 3.63. The van der Waals surface area contributed by atoms with E-state index in [1.54, 1.807) is 0 Å². The minimum Gasteiger partial charge on any atom is -0.355 e. The van der Waals surface area contributed by atoms with Gasteiger partial charge in [0.15, 0.2) is 0 Å². The topological polar surface area (TPSA) is 55.1 Å². The summed E-state index contributed by atoms with van der Waals surface area (Å²) in [5, 5.41) is 3.04. The Kier molecular flexibility index (Phi) is 4.02. The van der Waals surface area contributed by atoms with E-state index in [2.05, 4.69) is 17.4 Å². The van der Waals surface area contributed by atoms with E-state index in [9.17, 15) is 4.79 Å². The molecule has 1 fully saturated rings. The van der Waals surface area contributed by atoms with E-state index < -0.39 is 0 Å². The zero-order valence-electron chi connectivity index (χ0n) is 11.0. The van der Waals surface area contributed by atoms with Gasteiger partial charge in [-0.15, -0.1) is 0 Å². The van der Waals surface area contributed by atoms with E-state index in [0.29, 0.717) is 0 Å². The summed E-state index contributed by atoms with van der Waals surface area (Å²) in [5.74, 6) is 0.179. The highest BCUT2D eigenvalue weighted by atomic mass is 16.2. The lowest BCUT2D eigenvalue weighted by molar-refractivity contribution is -0.123. The molecule has 3 nitrogen and oxygen atoms in total. The van der Waals surface area contributed by atoms with Gasteiger partial charge in [-0.1, -0.05) is 30.3 Å². The van der Waals surface area contributed by atoms with Crippen LogP contribution in [0.15, 0.2) is 30.3 Å². The molecule has 1 amide bonds. The third kappa shape index (κ3) is 2.91. The normalized spacial score (nSPS) is 18.1. The molecule has 98 valence electrons. The van der Waals surface area contributed by atoms with E-state index in [1.165, 1.54) is 0 Å². The molecule has 1 aromatic rings. The van der Waals surface area contributed by atoms with Crippen LogP contribution in [-0.2, 0) is 10.2 Å². The molecule has 1 saturated carbocycles. The number of hydrogen-bond donors (Lipinski definition) is 2. The summed E-state index contributed by atoms with van der Waals surface area (Å²) in [7, 11) is 0. The average molecular weight is 246 g/mol. The van der Waals surface area contributed by atoms with Gasteiger partial charge >= 0.3 is 0 Å². The Bertz CT molecular complexity index is 396. The molecule has 0 radical (unpaired) electrons. The van der Waals surface area contributed by atoms with E-state index in [0.717, 1.165) is 37.8 Å². The van der Waals surface area contributed by atoms with Crippen LogP contribution in [-0.4, -0.2) is 18.5 Å². The van der Waals surface area contributed by atoms with Crippen molar-refractivity contribution in [2.45, 2.75) is 44.1 Å². The van der Waals surface area contributed by atoms with Crippen molar-refractivity contribution in [3.63, 3.8) is 0 Å². The van der Waals surface area contributed by atoms with Crippen LogP contribution in [0, 0.1) is 0 Å². The minimum atomic E-state index is -0.240. The fraction of sp³-hybridized carbons (Fsp3) is 0.533. The smallest absolute Gasteiger partial charge is 0.230 e. The monoisotopic (exact) mass is 246 g/mol. The SMILES string of the molecule is CC(N)CCCNC(=O)C1(c2ccccc2)CC1. The number of benzene rings is 1. The van der Waals surface area contributed by atoms with Gasteiger partial charge in [-0.3, -0.25) is 4.79 Å². The minimum absolute atomic E-state index is 0.179. The summed E-state index contributed by atoms with van der Waals surface area (Å²) in [4.78, 5) is 12.2. The van der Waals surface area contributed by atoms with Crippen LogP contribution in [0.5, 0.6) is 0 Å². The number of nitrogens with one attached hydrogen (secondary N) is 1.